The first kappa shape index (κ1) is 31.0. The molecule has 43 heavy (non-hydrogen) atoms. The van der Waals surface area contributed by atoms with Gasteiger partial charge in [-0.25, -0.2) is 9.59 Å². The van der Waals surface area contributed by atoms with E-state index in [0.29, 0.717) is 6.54 Å². The molecule has 0 saturated heterocycles. The first-order chi connectivity index (χ1) is 20.8. The maximum absolute atomic E-state index is 13.2. The Morgan fingerprint density at radius 3 is 1.88 bits per heavy atom. The summed E-state index contributed by atoms with van der Waals surface area (Å²) in [6.45, 7) is 4.58. The molecule has 0 heterocycles. The van der Waals surface area contributed by atoms with E-state index in [-0.39, 0.29) is 31.9 Å². The van der Waals surface area contributed by atoms with Crippen LogP contribution in [0.25, 0.3) is 22.3 Å². The first-order valence-electron chi connectivity index (χ1n) is 14.5. The summed E-state index contributed by atoms with van der Waals surface area (Å²) in [5, 5.41) is 12.6. The predicted octanol–water partition coefficient (Wildman–Crippen LogP) is 6.82. The molecule has 0 aliphatic heterocycles. The quantitative estimate of drug-likeness (QED) is 0.170. The van der Waals surface area contributed by atoms with Crippen molar-refractivity contribution >= 4 is 18.0 Å². The number of nitrogens with one attached hydrogen (secondary N) is 1. The molecule has 0 unspecified atom stereocenters. The molecule has 7 nitrogen and oxygen atoms in total. The Morgan fingerprint density at radius 1 is 0.744 bits per heavy atom. The van der Waals surface area contributed by atoms with Crippen molar-refractivity contribution in [1.82, 2.24) is 10.2 Å². The highest BCUT2D eigenvalue weighted by Gasteiger charge is 2.25. The van der Waals surface area contributed by atoms with Gasteiger partial charge in [-0.15, -0.1) is 0 Å². The van der Waals surface area contributed by atoms with Crippen molar-refractivity contribution in [3.05, 3.63) is 120 Å². The third-order valence-corrected chi connectivity index (χ3v) is 7.01. The van der Waals surface area contributed by atoms with Gasteiger partial charge in [0, 0.05) is 19.5 Å². The predicted molar refractivity (Wildman–Crippen MR) is 168 cm³/mol. The molecule has 0 bridgehead atoms. The van der Waals surface area contributed by atoms with Crippen LogP contribution < -0.4 is 5.32 Å². The minimum atomic E-state index is -1.13. The van der Waals surface area contributed by atoms with Crippen LogP contribution in [-0.4, -0.2) is 47.1 Å². The number of amides is 2. The monoisotopic (exact) mass is 578 g/mol. The van der Waals surface area contributed by atoms with E-state index in [1.807, 2.05) is 98.8 Å². The first-order valence-corrected chi connectivity index (χ1v) is 14.5. The van der Waals surface area contributed by atoms with Crippen molar-refractivity contribution in [2.75, 3.05) is 13.1 Å². The number of nitrogens with zero attached hydrogens (tertiary/aromatic N) is 1. The van der Waals surface area contributed by atoms with Gasteiger partial charge in [-0.05, 0) is 39.3 Å². The minimum Gasteiger partial charge on any atom is -0.480 e. The zero-order chi connectivity index (χ0) is 30.6. The fourth-order valence-corrected chi connectivity index (χ4v) is 4.85. The Morgan fingerprint density at radius 2 is 1.30 bits per heavy atom. The Hall–Kier alpha value is -4.91. The van der Waals surface area contributed by atoms with E-state index in [1.54, 1.807) is 0 Å². The van der Waals surface area contributed by atoms with Gasteiger partial charge < -0.3 is 20.1 Å². The van der Waals surface area contributed by atoms with E-state index in [4.69, 9.17) is 4.74 Å². The van der Waals surface area contributed by atoms with Crippen molar-refractivity contribution in [2.24, 2.45) is 5.92 Å². The van der Waals surface area contributed by atoms with E-state index in [0.717, 1.165) is 33.4 Å². The van der Waals surface area contributed by atoms with Gasteiger partial charge in [-0.3, -0.25) is 4.79 Å². The third-order valence-electron chi connectivity index (χ3n) is 7.01. The van der Waals surface area contributed by atoms with Crippen LogP contribution in [0.5, 0.6) is 0 Å². The zero-order valence-electron chi connectivity index (χ0n) is 24.6. The molecule has 222 valence electrons. The summed E-state index contributed by atoms with van der Waals surface area (Å²) < 4.78 is 5.34. The maximum Gasteiger partial charge on any atom is 0.326 e. The molecule has 1 atom stereocenters. The molecule has 4 aromatic carbocycles. The number of hydrogen-bond donors (Lipinski definition) is 2. The number of urea groups is 1. The molecule has 0 saturated carbocycles. The van der Waals surface area contributed by atoms with Gasteiger partial charge in [-0.2, -0.15) is 0 Å². The topological polar surface area (TPSA) is 95.9 Å². The lowest BCUT2D eigenvalue weighted by Crippen LogP contribution is -2.50. The van der Waals surface area contributed by atoms with Crippen molar-refractivity contribution in [3.63, 3.8) is 0 Å². The van der Waals surface area contributed by atoms with Crippen LogP contribution in [0, 0.1) is 5.92 Å². The highest BCUT2D eigenvalue weighted by Crippen LogP contribution is 2.32. The lowest BCUT2D eigenvalue weighted by molar-refractivity contribution is -0.145. The fraction of sp³-hybridized carbons (Fsp3) is 0.250. The Kier molecular flexibility index (Phi) is 11.1. The third kappa shape index (κ3) is 9.30. The number of benzene rings is 4. The van der Waals surface area contributed by atoms with Crippen molar-refractivity contribution < 1.29 is 24.2 Å². The van der Waals surface area contributed by atoms with Gasteiger partial charge in [-0.1, -0.05) is 123 Å². The number of hydrogen-bond acceptors (Lipinski definition) is 4. The summed E-state index contributed by atoms with van der Waals surface area (Å²) in [4.78, 5) is 39.2. The standard InChI is InChI=1S/C36H38N2O5/c1-26(2)24-38(22-21-34(39)43-25-28-11-5-3-6-12-28)36(42)37-33(35(40)41)23-27-17-19-30(20-18-27)32-16-10-9-15-31(32)29-13-7-4-8-14-29/h3-20,26,33H,21-25H2,1-2H3,(H,37,42)(H,40,41)/t33-/m0/s1. The highest BCUT2D eigenvalue weighted by atomic mass is 16.5. The molecule has 0 spiro atoms. The molecule has 7 heteroatoms. The van der Waals surface area contributed by atoms with Crippen LogP contribution in [0.3, 0.4) is 0 Å². The van der Waals surface area contributed by atoms with Crippen LogP contribution in [-0.2, 0) is 27.4 Å². The van der Waals surface area contributed by atoms with Crippen molar-refractivity contribution in [3.8, 4) is 22.3 Å². The minimum absolute atomic E-state index is 0.0105. The second kappa shape index (κ2) is 15.4. The van der Waals surface area contributed by atoms with E-state index >= 15 is 0 Å². The molecule has 0 radical (unpaired) electrons. The fourth-order valence-electron chi connectivity index (χ4n) is 4.85. The number of ether oxygens (including phenoxy) is 1. The van der Waals surface area contributed by atoms with Gasteiger partial charge in [0.15, 0.2) is 0 Å². The van der Waals surface area contributed by atoms with Crippen LogP contribution in [0.4, 0.5) is 4.79 Å². The van der Waals surface area contributed by atoms with Crippen LogP contribution >= 0.6 is 0 Å². The molecule has 4 aromatic rings. The lowest BCUT2D eigenvalue weighted by atomic mass is 9.93. The van der Waals surface area contributed by atoms with E-state index in [9.17, 15) is 19.5 Å². The average Bonchev–Trinajstić information content (AvgIpc) is 3.02. The molecule has 2 amide bonds. The largest absolute Gasteiger partial charge is 0.480 e. The molecule has 0 aliphatic rings. The summed E-state index contributed by atoms with van der Waals surface area (Å²) in [5.41, 5.74) is 5.99. The van der Waals surface area contributed by atoms with Crippen LogP contribution in [0.2, 0.25) is 0 Å². The second-order valence-corrected chi connectivity index (χ2v) is 10.9. The maximum atomic E-state index is 13.2. The smallest absolute Gasteiger partial charge is 0.326 e. The van der Waals surface area contributed by atoms with Gasteiger partial charge in [0.1, 0.15) is 12.6 Å². The Labute approximate surface area is 253 Å². The summed E-state index contributed by atoms with van der Waals surface area (Å²) in [6, 6.07) is 33.8. The number of carbonyl (C=O) groups is 3. The Balaban J connectivity index is 1.38. The van der Waals surface area contributed by atoms with Gasteiger partial charge in [0.25, 0.3) is 0 Å². The summed E-state index contributed by atoms with van der Waals surface area (Å²) in [5.74, 6) is -1.42. The molecular weight excluding hydrogens is 540 g/mol. The van der Waals surface area contributed by atoms with Crippen molar-refractivity contribution in [2.45, 2.75) is 39.3 Å². The SMILES string of the molecule is CC(C)CN(CCC(=O)OCc1ccccc1)C(=O)N[C@@H](Cc1ccc(-c2ccccc2-c2ccccc2)cc1)C(=O)O. The number of esters is 1. The highest BCUT2D eigenvalue weighted by molar-refractivity contribution is 5.84. The summed E-state index contributed by atoms with van der Waals surface area (Å²) in [7, 11) is 0. The van der Waals surface area contributed by atoms with E-state index in [1.165, 1.54) is 4.90 Å². The lowest BCUT2D eigenvalue weighted by Gasteiger charge is -2.26. The van der Waals surface area contributed by atoms with Gasteiger partial charge in [0.2, 0.25) is 0 Å². The zero-order valence-corrected chi connectivity index (χ0v) is 24.6. The summed E-state index contributed by atoms with van der Waals surface area (Å²) in [6.07, 6.45) is 0.132. The normalized spacial score (nSPS) is 11.5. The van der Waals surface area contributed by atoms with Gasteiger partial charge >= 0.3 is 18.0 Å². The van der Waals surface area contributed by atoms with Crippen molar-refractivity contribution in [1.29, 1.82) is 0 Å². The molecule has 4 rings (SSSR count). The van der Waals surface area contributed by atoms with Crippen LogP contribution in [0.15, 0.2) is 109 Å². The number of carboxylic acid groups (broad SMARTS) is 1. The van der Waals surface area contributed by atoms with Crippen LogP contribution in [0.1, 0.15) is 31.4 Å². The van der Waals surface area contributed by atoms with E-state index < -0.39 is 24.0 Å². The number of aliphatic carboxylic acids is 1. The van der Waals surface area contributed by atoms with E-state index in [2.05, 4.69) is 29.6 Å². The number of carbonyl (C=O) groups excluding carboxylic acids is 2. The number of rotatable bonds is 13. The van der Waals surface area contributed by atoms with Gasteiger partial charge in [0.05, 0.1) is 6.42 Å². The summed E-state index contributed by atoms with van der Waals surface area (Å²) >= 11 is 0. The molecule has 0 fully saturated rings. The molecule has 0 aromatic heterocycles. The Bertz CT molecular complexity index is 1490. The number of carboxylic acids is 1. The average molecular weight is 579 g/mol. The second-order valence-electron chi connectivity index (χ2n) is 10.9. The molecule has 0 aliphatic carbocycles. The molecular formula is C36H38N2O5. The molecule has 2 N–H and O–H groups in total.